The maximum Gasteiger partial charge on any atom is 0.417 e. The number of methoxy groups -OCH3 is 1. The number of halogens is 4. The first kappa shape index (κ1) is 25.0. The third-order valence-electron chi connectivity index (χ3n) is 6.63. The molecule has 11 heteroatoms. The van der Waals surface area contributed by atoms with E-state index in [-0.39, 0.29) is 41.0 Å². The number of piperazine rings is 1. The van der Waals surface area contributed by atoms with E-state index in [0.717, 1.165) is 18.2 Å². The summed E-state index contributed by atoms with van der Waals surface area (Å²) in [5.74, 6) is 0.0518. The van der Waals surface area contributed by atoms with Gasteiger partial charge in [-0.25, -0.2) is 9.18 Å². The summed E-state index contributed by atoms with van der Waals surface area (Å²) >= 11 is 1.22. The molecule has 192 valence electrons. The van der Waals surface area contributed by atoms with Crippen molar-refractivity contribution in [3.8, 4) is 11.1 Å². The van der Waals surface area contributed by atoms with Crippen molar-refractivity contribution in [2.75, 3.05) is 30.9 Å². The molecule has 2 aliphatic heterocycles. The van der Waals surface area contributed by atoms with Gasteiger partial charge in [-0.2, -0.15) is 18.2 Å². The van der Waals surface area contributed by atoms with Gasteiger partial charge in [0, 0.05) is 53.9 Å². The van der Waals surface area contributed by atoms with E-state index >= 15 is 0 Å². The zero-order valence-electron chi connectivity index (χ0n) is 20.0. The van der Waals surface area contributed by atoms with E-state index in [1.807, 2.05) is 18.7 Å². The van der Waals surface area contributed by atoms with E-state index in [1.54, 1.807) is 0 Å². The van der Waals surface area contributed by atoms with E-state index < -0.39 is 29.4 Å². The molecule has 1 aromatic heterocycles. The second-order valence-electron chi connectivity index (χ2n) is 9.40. The number of aromatic nitrogens is 2. The predicted molar refractivity (Wildman–Crippen MR) is 132 cm³/mol. The third kappa shape index (κ3) is 4.48. The molecular formula is C25H26F4N4O2S. The van der Waals surface area contributed by atoms with E-state index in [0.29, 0.717) is 29.3 Å². The zero-order valence-corrected chi connectivity index (χ0v) is 20.8. The second kappa shape index (κ2) is 9.35. The maximum atomic E-state index is 14.6. The van der Waals surface area contributed by atoms with Crippen molar-refractivity contribution < 1.29 is 22.3 Å². The highest BCUT2D eigenvalue weighted by atomic mass is 32.2. The summed E-state index contributed by atoms with van der Waals surface area (Å²) in [6.45, 7) is 5.14. The van der Waals surface area contributed by atoms with Gasteiger partial charge in [0.25, 0.3) is 0 Å². The number of alkyl halides is 3. The van der Waals surface area contributed by atoms with Crippen LogP contribution in [0.25, 0.3) is 22.0 Å². The number of rotatable bonds is 3. The van der Waals surface area contributed by atoms with Crippen molar-refractivity contribution >= 4 is 28.5 Å². The van der Waals surface area contributed by atoms with E-state index in [2.05, 4.69) is 10.3 Å². The Kier molecular flexibility index (Phi) is 6.50. The standard InChI is InChI=1S/C25H26F4N4O2S/c1-13-9-32(10-14(2)30-13)23-18-8-19(25(27,28)29)20(15-4-6-16(26)7-5-15)22-21(18)33(24(34)31-23)11-17(35-3)12-36-22/h4-8,13-14,17,30H,9-12H2,1-3H3/t13-,14+,17?. The molecule has 2 aromatic carbocycles. The quantitative estimate of drug-likeness (QED) is 0.511. The first-order valence-corrected chi connectivity index (χ1v) is 12.7. The minimum absolute atomic E-state index is 0.0656. The topological polar surface area (TPSA) is 59.4 Å². The van der Waals surface area contributed by atoms with Crippen LogP contribution < -0.4 is 15.9 Å². The van der Waals surface area contributed by atoms with Gasteiger partial charge in [0.2, 0.25) is 0 Å². The average molecular weight is 523 g/mol. The Labute approximate surface area is 209 Å². The van der Waals surface area contributed by atoms with Crippen molar-refractivity contribution in [1.29, 1.82) is 0 Å². The Morgan fingerprint density at radius 1 is 1.11 bits per heavy atom. The van der Waals surface area contributed by atoms with Gasteiger partial charge < -0.3 is 15.0 Å². The molecule has 0 amide bonds. The molecule has 0 saturated carbocycles. The molecule has 0 bridgehead atoms. The van der Waals surface area contributed by atoms with E-state index in [1.165, 1.54) is 35.6 Å². The highest BCUT2D eigenvalue weighted by Crippen LogP contribution is 2.48. The summed E-state index contributed by atoms with van der Waals surface area (Å²) in [6.07, 6.45) is -5.09. The van der Waals surface area contributed by atoms with Crippen LogP contribution in [-0.4, -0.2) is 53.7 Å². The number of ether oxygens (including phenoxy) is 1. The van der Waals surface area contributed by atoms with E-state index in [4.69, 9.17) is 4.74 Å². The highest BCUT2D eigenvalue weighted by Gasteiger charge is 2.38. The maximum absolute atomic E-state index is 14.6. The monoisotopic (exact) mass is 522 g/mol. The van der Waals surface area contributed by atoms with Gasteiger partial charge in [-0.3, -0.25) is 4.57 Å². The molecular weight excluding hydrogens is 496 g/mol. The lowest BCUT2D eigenvalue weighted by molar-refractivity contribution is -0.137. The fraction of sp³-hybridized carbons (Fsp3) is 0.440. The lowest BCUT2D eigenvalue weighted by Crippen LogP contribution is -2.55. The Bertz CT molecular complexity index is 1350. The smallest absolute Gasteiger partial charge is 0.379 e. The number of nitrogens with one attached hydrogen (secondary N) is 1. The largest absolute Gasteiger partial charge is 0.417 e. The van der Waals surface area contributed by atoms with Gasteiger partial charge in [0.15, 0.2) is 0 Å². The Morgan fingerprint density at radius 2 is 1.78 bits per heavy atom. The predicted octanol–water partition coefficient (Wildman–Crippen LogP) is 4.53. The second-order valence-corrected chi connectivity index (χ2v) is 10.4. The number of hydrogen-bond acceptors (Lipinski definition) is 6. The summed E-state index contributed by atoms with van der Waals surface area (Å²) in [5, 5.41) is 3.67. The van der Waals surface area contributed by atoms with Crippen molar-refractivity contribution in [1.82, 2.24) is 14.9 Å². The van der Waals surface area contributed by atoms with Crippen LogP contribution in [0.2, 0.25) is 0 Å². The number of anilines is 1. The van der Waals surface area contributed by atoms with Crippen LogP contribution in [0, 0.1) is 5.82 Å². The molecule has 1 saturated heterocycles. The van der Waals surface area contributed by atoms with Crippen molar-refractivity contribution in [3.63, 3.8) is 0 Å². The lowest BCUT2D eigenvalue weighted by atomic mass is 9.96. The molecule has 36 heavy (non-hydrogen) atoms. The van der Waals surface area contributed by atoms with Gasteiger partial charge >= 0.3 is 11.9 Å². The molecule has 3 heterocycles. The highest BCUT2D eigenvalue weighted by molar-refractivity contribution is 7.99. The average Bonchev–Trinajstić information content (AvgIpc) is 3.01. The third-order valence-corrected chi connectivity index (χ3v) is 7.85. The summed E-state index contributed by atoms with van der Waals surface area (Å²) in [6, 6.07) is 6.19. The molecule has 1 N–H and O–H groups in total. The van der Waals surface area contributed by atoms with Crippen molar-refractivity contribution in [3.05, 3.63) is 52.2 Å². The minimum atomic E-state index is -4.69. The number of hydrogen-bond donors (Lipinski definition) is 1. The van der Waals surface area contributed by atoms with Gasteiger partial charge in [0.05, 0.1) is 23.7 Å². The normalized spacial score (nSPS) is 22.6. The molecule has 5 rings (SSSR count). The van der Waals surface area contributed by atoms with Crippen LogP contribution in [0.5, 0.6) is 0 Å². The van der Waals surface area contributed by atoms with Crippen LogP contribution >= 0.6 is 11.8 Å². The van der Waals surface area contributed by atoms with Crippen LogP contribution in [0.3, 0.4) is 0 Å². The van der Waals surface area contributed by atoms with Crippen LogP contribution in [0.1, 0.15) is 19.4 Å². The Morgan fingerprint density at radius 3 is 2.39 bits per heavy atom. The Hall–Kier alpha value is -2.63. The molecule has 1 fully saturated rings. The van der Waals surface area contributed by atoms with Crippen molar-refractivity contribution in [2.24, 2.45) is 0 Å². The molecule has 0 radical (unpaired) electrons. The number of thioether (sulfide) groups is 1. The molecule has 3 aromatic rings. The number of benzene rings is 2. The van der Waals surface area contributed by atoms with E-state index in [9.17, 15) is 22.4 Å². The zero-order chi connectivity index (χ0) is 25.8. The molecule has 0 aliphatic carbocycles. The van der Waals surface area contributed by atoms with Gasteiger partial charge in [-0.05, 0) is 37.6 Å². The molecule has 2 aliphatic rings. The van der Waals surface area contributed by atoms with Gasteiger partial charge in [0.1, 0.15) is 11.6 Å². The molecule has 3 atom stereocenters. The van der Waals surface area contributed by atoms with Gasteiger partial charge in [-0.15, -0.1) is 11.8 Å². The molecule has 0 spiro atoms. The van der Waals surface area contributed by atoms with Crippen LogP contribution in [-0.2, 0) is 17.5 Å². The lowest BCUT2D eigenvalue weighted by Gasteiger charge is -2.37. The van der Waals surface area contributed by atoms with Gasteiger partial charge in [-0.1, -0.05) is 12.1 Å². The fourth-order valence-electron chi connectivity index (χ4n) is 5.15. The summed E-state index contributed by atoms with van der Waals surface area (Å²) in [4.78, 5) is 19.9. The Balaban J connectivity index is 1.88. The summed E-state index contributed by atoms with van der Waals surface area (Å²) < 4.78 is 64.4. The molecule has 6 nitrogen and oxygen atoms in total. The minimum Gasteiger partial charge on any atom is -0.379 e. The van der Waals surface area contributed by atoms with Crippen LogP contribution in [0.15, 0.2) is 40.0 Å². The first-order chi connectivity index (χ1) is 17.1. The molecule has 1 unspecified atom stereocenters. The number of nitrogens with zero attached hydrogens (tertiary/aromatic N) is 3. The SMILES string of the molecule is COC1CSc2c(-c3ccc(F)cc3)c(C(F)(F)F)cc3c(N4C[C@@H](C)N[C@@H](C)C4)nc(=O)n(c23)C1. The first-order valence-electron chi connectivity index (χ1n) is 11.7. The summed E-state index contributed by atoms with van der Waals surface area (Å²) in [5.41, 5.74) is -0.813. The van der Waals surface area contributed by atoms with Crippen LogP contribution in [0.4, 0.5) is 23.4 Å². The fourth-order valence-corrected chi connectivity index (χ4v) is 6.47. The summed E-state index contributed by atoms with van der Waals surface area (Å²) in [7, 11) is 1.51. The van der Waals surface area contributed by atoms with Crippen molar-refractivity contribution in [2.45, 2.75) is 49.7 Å².